The Morgan fingerprint density at radius 3 is 2.76 bits per heavy atom. The molecule has 2 rings (SSSR count). The molecule has 1 heterocycles. The number of para-hydroxylation sites is 1. The second kappa shape index (κ2) is 7.31. The van der Waals surface area contributed by atoms with Crippen molar-refractivity contribution in [2.45, 2.75) is 32.4 Å². The number of urea groups is 1. The number of hydrogen-bond acceptors (Lipinski definition) is 3. The Morgan fingerprint density at radius 2 is 2.10 bits per heavy atom. The zero-order valence-electron chi connectivity index (χ0n) is 12.7. The number of carbonyl (C=O) groups excluding carboxylic acids is 1. The third kappa shape index (κ3) is 4.63. The SMILES string of the molecule is CC(C)C(O)CNC(=O)NC1CCN(c2ccccc2)C1. The van der Waals surface area contributed by atoms with Gasteiger partial charge in [-0.15, -0.1) is 0 Å². The molecule has 1 aromatic carbocycles. The highest BCUT2D eigenvalue weighted by Gasteiger charge is 2.24. The number of anilines is 1. The van der Waals surface area contributed by atoms with Crippen molar-refractivity contribution in [1.82, 2.24) is 10.6 Å². The Bertz CT molecular complexity index is 450. The van der Waals surface area contributed by atoms with E-state index < -0.39 is 6.10 Å². The summed E-state index contributed by atoms with van der Waals surface area (Å²) in [5, 5.41) is 15.4. The molecule has 1 fully saturated rings. The number of carbonyl (C=O) groups is 1. The van der Waals surface area contributed by atoms with E-state index in [1.165, 1.54) is 5.69 Å². The van der Waals surface area contributed by atoms with Crippen LogP contribution in [0.25, 0.3) is 0 Å². The molecule has 1 aliphatic rings. The normalized spacial score (nSPS) is 19.6. The van der Waals surface area contributed by atoms with Gasteiger partial charge in [0.25, 0.3) is 0 Å². The molecule has 5 nitrogen and oxygen atoms in total. The number of aliphatic hydroxyl groups is 1. The van der Waals surface area contributed by atoms with Crippen LogP contribution in [-0.2, 0) is 0 Å². The van der Waals surface area contributed by atoms with E-state index in [0.717, 1.165) is 19.5 Å². The first-order chi connectivity index (χ1) is 10.1. The molecular formula is C16H25N3O2. The van der Waals surface area contributed by atoms with Crippen molar-refractivity contribution in [3.8, 4) is 0 Å². The quantitative estimate of drug-likeness (QED) is 0.772. The molecule has 5 heteroatoms. The summed E-state index contributed by atoms with van der Waals surface area (Å²) in [6, 6.07) is 10.2. The average molecular weight is 291 g/mol. The molecule has 0 aliphatic carbocycles. The van der Waals surface area contributed by atoms with E-state index in [2.05, 4.69) is 27.7 Å². The standard InChI is InChI=1S/C16H25N3O2/c1-12(2)15(20)10-17-16(21)18-13-8-9-19(11-13)14-6-4-3-5-7-14/h3-7,12-13,15,20H,8-11H2,1-2H3,(H2,17,18,21). The second-order valence-electron chi connectivity index (χ2n) is 5.93. The molecule has 1 saturated heterocycles. The molecule has 0 saturated carbocycles. The Balaban J connectivity index is 1.74. The molecule has 3 N–H and O–H groups in total. The largest absolute Gasteiger partial charge is 0.391 e. The van der Waals surface area contributed by atoms with E-state index >= 15 is 0 Å². The number of aliphatic hydroxyl groups excluding tert-OH is 1. The van der Waals surface area contributed by atoms with Gasteiger partial charge < -0.3 is 20.6 Å². The molecule has 2 amide bonds. The van der Waals surface area contributed by atoms with E-state index in [4.69, 9.17) is 0 Å². The van der Waals surface area contributed by atoms with Crippen LogP contribution in [0, 0.1) is 5.92 Å². The van der Waals surface area contributed by atoms with Crippen molar-refractivity contribution >= 4 is 11.7 Å². The van der Waals surface area contributed by atoms with Gasteiger partial charge in [-0.2, -0.15) is 0 Å². The molecule has 0 spiro atoms. The maximum atomic E-state index is 11.8. The van der Waals surface area contributed by atoms with Crippen LogP contribution in [0.1, 0.15) is 20.3 Å². The van der Waals surface area contributed by atoms with E-state index in [9.17, 15) is 9.90 Å². The summed E-state index contributed by atoms with van der Waals surface area (Å²) in [7, 11) is 0. The summed E-state index contributed by atoms with van der Waals surface area (Å²) >= 11 is 0. The maximum absolute atomic E-state index is 11.8. The first-order valence-corrected chi connectivity index (χ1v) is 7.58. The predicted octanol–water partition coefficient (Wildman–Crippen LogP) is 1.58. The van der Waals surface area contributed by atoms with Crippen LogP contribution in [0.5, 0.6) is 0 Å². The molecular weight excluding hydrogens is 266 g/mol. The van der Waals surface area contributed by atoms with Crippen molar-refractivity contribution in [3.63, 3.8) is 0 Å². The molecule has 116 valence electrons. The number of hydrogen-bond donors (Lipinski definition) is 3. The van der Waals surface area contributed by atoms with E-state index in [1.807, 2.05) is 32.0 Å². The summed E-state index contributed by atoms with van der Waals surface area (Å²) in [5.41, 5.74) is 1.19. The fraction of sp³-hybridized carbons (Fsp3) is 0.562. The van der Waals surface area contributed by atoms with Gasteiger partial charge in [0.15, 0.2) is 0 Å². The van der Waals surface area contributed by atoms with E-state index in [1.54, 1.807) is 0 Å². The summed E-state index contributed by atoms with van der Waals surface area (Å²) in [6.07, 6.45) is 0.440. The highest BCUT2D eigenvalue weighted by molar-refractivity contribution is 5.74. The lowest BCUT2D eigenvalue weighted by atomic mass is 10.1. The zero-order valence-corrected chi connectivity index (χ0v) is 12.7. The average Bonchev–Trinajstić information content (AvgIpc) is 2.94. The molecule has 1 aromatic rings. The molecule has 1 aliphatic heterocycles. The molecule has 0 aromatic heterocycles. The second-order valence-corrected chi connectivity index (χ2v) is 5.93. The number of nitrogens with one attached hydrogen (secondary N) is 2. The van der Waals surface area contributed by atoms with Crippen molar-refractivity contribution in [2.24, 2.45) is 5.92 Å². The molecule has 0 bridgehead atoms. The summed E-state index contributed by atoms with van der Waals surface area (Å²) < 4.78 is 0. The maximum Gasteiger partial charge on any atom is 0.315 e. The lowest BCUT2D eigenvalue weighted by Crippen LogP contribution is -2.46. The van der Waals surface area contributed by atoms with E-state index in [-0.39, 0.29) is 18.0 Å². The number of amides is 2. The molecule has 2 atom stereocenters. The van der Waals surface area contributed by atoms with Gasteiger partial charge in [0, 0.05) is 31.4 Å². The van der Waals surface area contributed by atoms with Crippen molar-refractivity contribution in [2.75, 3.05) is 24.5 Å². The summed E-state index contributed by atoms with van der Waals surface area (Å²) in [5.74, 6) is 0.144. The lowest BCUT2D eigenvalue weighted by molar-refractivity contribution is 0.124. The molecule has 21 heavy (non-hydrogen) atoms. The number of rotatable bonds is 5. The van der Waals surface area contributed by atoms with Crippen LogP contribution in [0.4, 0.5) is 10.5 Å². The van der Waals surface area contributed by atoms with Gasteiger partial charge in [0.05, 0.1) is 6.10 Å². The van der Waals surface area contributed by atoms with Gasteiger partial charge in [0.1, 0.15) is 0 Å². The van der Waals surface area contributed by atoms with Gasteiger partial charge in [-0.3, -0.25) is 0 Å². The first kappa shape index (κ1) is 15.6. The van der Waals surface area contributed by atoms with Crippen LogP contribution in [0.15, 0.2) is 30.3 Å². The van der Waals surface area contributed by atoms with Crippen molar-refractivity contribution in [3.05, 3.63) is 30.3 Å². The molecule has 0 radical (unpaired) electrons. The van der Waals surface area contributed by atoms with Crippen LogP contribution in [0.3, 0.4) is 0 Å². The highest BCUT2D eigenvalue weighted by Crippen LogP contribution is 2.19. The smallest absolute Gasteiger partial charge is 0.315 e. The van der Waals surface area contributed by atoms with Crippen LogP contribution >= 0.6 is 0 Å². The van der Waals surface area contributed by atoms with E-state index in [0.29, 0.717) is 6.54 Å². The third-order valence-electron chi connectivity index (χ3n) is 3.89. The summed E-state index contributed by atoms with van der Waals surface area (Å²) in [6.45, 7) is 5.92. The van der Waals surface area contributed by atoms with Crippen LogP contribution in [0.2, 0.25) is 0 Å². The first-order valence-electron chi connectivity index (χ1n) is 7.58. The topological polar surface area (TPSA) is 64.6 Å². The fourth-order valence-corrected chi connectivity index (χ4v) is 2.42. The Kier molecular flexibility index (Phi) is 5.44. The zero-order chi connectivity index (χ0) is 15.2. The number of nitrogens with zero attached hydrogens (tertiary/aromatic N) is 1. The monoisotopic (exact) mass is 291 g/mol. The van der Waals surface area contributed by atoms with Crippen LogP contribution < -0.4 is 15.5 Å². The van der Waals surface area contributed by atoms with Gasteiger partial charge in [-0.05, 0) is 24.5 Å². The summed E-state index contributed by atoms with van der Waals surface area (Å²) in [4.78, 5) is 14.1. The minimum absolute atomic E-state index is 0.144. The fourth-order valence-electron chi connectivity index (χ4n) is 2.42. The predicted molar refractivity (Wildman–Crippen MR) is 84.4 cm³/mol. The van der Waals surface area contributed by atoms with Gasteiger partial charge >= 0.3 is 6.03 Å². The third-order valence-corrected chi connectivity index (χ3v) is 3.89. The minimum Gasteiger partial charge on any atom is -0.391 e. The van der Waals surface area contributed by atoms with Gasteiger partial charge in [0.2, 0.25) is 0 Å². The Hall–Kier alpha value is -1.75. The molecule has 2 unspecified atom stereocenters. The number of benzene rings is 1. The van der Waals surface area contributed by atoms with Crippen LogP contribution in [-0.4, -0.2) is 42.9 Å². The minimum atomic E-state index is -0.500. The van der Waals surface area contributed by atoms with Gasteiger partial charge in [-0.25, -0.2) is 4.79 Å². The van der Waals surface area contributed by atoms with Crippen molar-refractivity contribution < 1.29 is 9.90 Å². The Morgan fingerprint density at radius 1 is 1.38 bits per heavy atom. The van der Waals surface area contributed by atoms with Gasteiger partial charge in [-0.1, -0.05) is 32.0 Å². The highest BCUT2D eigenvalue weighted by atomic mass is 16.3. The Labute approximate surface area is 126 Å². The van der Waals surface area contributed by atoms with Crippen molar-refractivity contribution in [1.29, 1.82) is 0 Å². The lowest BCUT2D eigenvalue weighted by Gasteiger charge is -2.20.